The molecule has 1 aromatic carbocycles. The van der Waals surface area contributed by atoms with E-state index in [1.807, 2.05) is 32.9 Å². The van der Waals surface area contributed by atoms with Gasteiger partial charge in [0.15, 0.2) is 0 Å². The molecule has 1 heterocycles. The van der Waals surface area contributed by atoms with Crippen LogP contribution in [0.4, 0.5) is 4.79 Å². The second-order valence-electron chi connectivity index (χ2n) is 6.81. The molecule has 0 bridgehead atoms. The third kappa shape index (κ3) is 4.48. The van der Waals surface area contributed by atoms with E-state index in [2.05, 4.69) is 0 Å². The molecule has 22 heavy (non-hydrogen) atoms. The van der Waals surface area contributed by atoms with Gasteiger partial charge in [0.25, 0.3) is 0 Å². The zero-order valence-electron chi connectivity index (χ0n) is 13.5. The lowest BCUT2D eigenvalue weighted by Crippen LogP contribution is -2.42. The van der Waals surface area contributed by atoms with E-state index in [1.54, 1.807) is 17.0 Å². The van der Waals surface area contributed by atoms with E-state index in [9.17, 15) is 14.8 Å². The third-order valence-corrected chi connectivity index (χ3v) is 3.75. The molecule has 6 heteroatoms. The first-order chi connectivity index (χ1) is 10.3. The second kappa shape index (κ2) is 6.71. The lowest BCUT2D eigenvalue weighted by atomic mass is 9.77. The maximum atomic E-state index is 12.2. The van der Waals surface area contributed by atoms with Crippen LogP contribution in [0.15, 0.2) is 24.3 Å². The maximum Gasteiger partial charge on any atom is 0.488 e. The molecule has 1 amide bonds. The van der Waals surface area contributed by atoms with Crippen molar-refractivity contribution in [2.75, 3.05) is 13.1 Å². The van der Waals surface area contributed by atoms with Gasteiger partial charge in [0, 0.05) is 19.0 Å². The summed E-state index contributed by atoms with van der Waals surface area (Å²) in [6.07, 6.45) is 1.61. The van der Waals surface area contributed by atoms with Gasteiger partial charge in [0.05, 0.1) is 0 Å². The van der Waals surface area contributed by atoms with Crippen molar-refractivity contribution in [3.8, 4) is 0 Å². The lowest BCUT2D eigenvalue weighted by molar-refractivity contribution is 0.0198. The van der Waals surface area contributed by atoms with Crippen LogP contribution in [0.25, 0.3) is 0 Å². The topological polar surface area (TPSA) is 70.0 Å². The first kappa shape index (κ1) is 16.8. The van der Waals surface area contributed by atoms with Crippen LogP contribution in [0.2, 0.25) is 0 Å². The molecule has 1 aromatic rings. The molecule has 2 N–H and O–H groups in total. The molecule has 0 aliphatic carbocycles. The van der Waals surface area contributed by atoms with Crippen LogP contribution in [-0.2, 0) is 4.74 Å². The number of amides is 1. The highest BCUT2D eigenvalue weighted by Gasteiger charge is 2.28. The highest BCUT2D eigenvalue weighted by Crippen LogP contribution is 2.27. The van der Waals surface area contributed by atoms with E-state index >= 15 is 0 Å². The Labute approximate surface area is 132 Å². The van der Waals surface area contributed by atoms with Gasteiger partial charge in [-0.3, -0.25) is 0 Å². The number of piperidine rings is 1. The Morgan fingerprint density at radius 2 is 2.09 bits per heavy atom. The fourth-order valence-corrected chi connectivity index (χ4v) is 2.72. The summed E-state index contributed by atoms with van der Waals surface area (Å²) in [6, 6.07) is 7.27. The normalized spacial score (nSPS) is 19.0. The predicted molar refractivity (Wildman–Crippen MR) is 86.0 cm³/mol. The molecule has 2 rings (SSSR count). The number of carbonyl (C=O) groups is 1. The molecule has 1 aliphatic heterocycles. The van der Waals surface area contributed by atoms with Gasteiger partial charge in [-0.15, -0.1) is 0 Å². The first-order valence-electron chi connectivity index (χ1n) is 7.70. The Morgan fingerprint density at radius 3 is 2.73 bits per heavy atom. The molecule has 0 aromatic heterocycles. The molecule has 1 fully saturated rings. The zero-order valence-corrected chi connectivity index (χ0v) is 13.5. The van der Waals surface area contributed by atoms with Crippen molar-refractivity contribution in [1.29, 1.82) is 0 Å². The Bertz CT molecular complexity index is 527. The fourth-order valence-electron chi connectivity index (χ4n) is 2.72. The summed E-state index contributed by atoms with van der Waals surface area (Å²) in [4.78, 5) is 13.9. The number of ether oxygens (including phenoxy) is 1. The van der Waals surface area contributed by atoms with Crippen LogP contribution in [0, 0.1) is 0 Å². The molecule has 0 radical (unpaired) electrons. The number of hydrogen-bond acceptors (Lipinski definition) is 4. The molecule has 0 spiro atoms. The van der Waals surface area contributed by atoms with E-state index in [4.69, 9.17) is 4.74 Å². The summed E-state index contributed by atoms with van der Waals surface area (Å²) >= 11 is 0. The molecule has 1 aliphatic rings. The first-order valence-corrected chi connectivity index (χ1v) is 7.70. The Kier molecular flexibility index (Phi) is 5.14. The average molecular weight is 305 g/mol. The minimum atomic E-state index is -1.47. The zero-order chi connectivity index (χ0) is 16.3. The standard InChI is InChI=1S/C16H24BNO4/c1-16(2,3)22-15(19)18-9-5-7-13(11-18)12-6-4-8-14(10-12)17(20)21/h4,6,8,10,13,20-21H,5,7,9,11H2,1-3H3. The maximum absolute atomic E-state index is 12.2. The van der Waals surface area contributed by atoms with E-state index in [1.165, 1.54) is 0 Å². The van der Waals surface area contributed by atoms with Crippen LogP contribution in [0.5, 0.6) is 0 Å². The summed E-state index contributed by atoms with van der Waals surface area (Å²) in [5.41, 5.74) is 1.01. The molecule has 5 nitrogen and oxygen atoms in total. The van der Waals surface area contributed by atoms with E-state index in [0.717, 1.165) is 18.4 Å². The summed E-state index contributed by atoms with van der Waals surface area (Å²) in [5.74, 6) is 0.194. The van der Waals surface area contributed by atoms with Crippen LogP contribution < -0.4 is 5.46 Å². The van der Waals surface area contributed by atoms with Gasteiger partial charge in [-0.25, -0.2) is 4.79 Å². The van der Waals surface area contributed by atoms with Gasteiger partial charge in [0.1, 0.15) is 5.60 Å². The second-order valence-corrected chi connectivity index (χ2v) is 6.81. The highest BCUT2D eigenvalue weighted by molar-refractivity contribution is 6.58. The van der Waals surface area contributed by atoms with Crippen molar-refractivity contribution >= 4 is 18.7 Å². The van der Waals surface area contributed by atoms with Crippen molar-refractivity contribution in [3.05, 3.63) is 29.8 Å². The van der Waals surface area contributed by atoms with Crippen LogP contribution in [-0.4, -0.2) is 46.9 Å². The average Bonchev–Trinajstić information content (AvgIpc) is 2.46. The van der Waals surface area contributed by atoms with E-state index < -0.39 is 12.7 Å². The molecule has 120 valence electrons. The summed E-state index contributed by atoms with van der Waals surface area (Å²) < 4.78 is 5.43. The molecule has 1 atom stereocenters. The Hall–Kier alpha value is -1.53. The molecular formula is C16H24BNO4. The quantitative estimate of drug-likeness (QED) is 0.812. The van der Waals surface area contributed by atoms with Crippen LogP contribution in [0.1, 0.15) is 45.1 Å². The Balaban J connectivity index is 2.07. The van der Waals surface area contributed by atoms with Crippen LogP contribution in [0.3, 0.4) is 0 Å². The minimum absolute atomic E-state index is 0.194. The van der Waals surface area contributed by atoms with Crippen molar-refractivity contribution in [3.63, 3.8) is 0 Å². The summed E-state index contributed by atoms with van der Waals surface area (Å²) in [5, 5.41) is 18.6. The smallest absolute Gasteiger partial charge is 0.444 e. The van der Waals surface area contributed by atoms with E-state index in [-0.39, 0.29) is 12.0 Å². The van der Waals surface area contributed by atoms with Crippen molar-refractivity contribution in [2.45, 2.75) is 45.1 Å². The molecule has 0 saturated carbocycles. The molecule has 1 saturated heterocycles. The lowest BCUT2D eigenvalue weighted by Gasteiger charge is -2.34. The predicted octanol–water partition coefficient (Wildman–Crippen LogP) is 1.48. The number of nitrogens with zero attached hydrogens (tertiary/aromatic N) is 1. The van der Waals surface area contributed by atoms with Gasteiger partial charge in [-0.1, -0.05) is 24.3 Å². The van der Waals surface area contributed by atoms with Gasteiger partial charge < -0.3 is 19.7 Å². The molecule has 1 unspecified atom stereocenters. The van der Waals surface area contributed by atoms with Crippen LogP contribution >= 0.6 is 0 Å². The van der Waals surface area contributed by atoms with Crippen molar-refractivity contribution in [2.24, 2.45) is 0 Å². The van der Waals surface area contributed by atoms with Gasteiger partial charge in [-0.05, 0) is 44.6 Å². The largest absolute Gasteiger partial charge is 0.488 e. The summed E-state index contributed by atoms with van der Waals surface area (Å²) in [6.45, 7) is 6.88. The number of hydrogen-bond donors (Lipinski definition) is 2. The Morgan fingerprint density at radius 1 is 1.36 bits per heavy atom. The van der Waals surface area contributed by atoms with Gasteiger partial charge >= 0.3 is 13.2 Å². The van der Waals surface area contributed by atoms with Crippen molar-refractivity contribution in [1.82, 2.24) is 4.90 Å². The monoisotopic (exact) mass is 305 g/mol. The SMILES string of the molecule is CC(C)(C)OC(=O)N1CCCC(c2cccc(B(O)O)c2)C1. The van der Waals surface area contributed by atoms with Gasteiger partial charge in [-0.2, -0.15) is 0 Å². The number of benzene rings is 1. The number of carbonyl (C=O) groups excluding carboxylic acids is 1. The number of likely N-dealkylation sites (tertiary alicyclic amines) is 1. The minimum Gasteiger partial charge on any atom is -0.444 e. The third-order valence-electron chi connectivity index (χ3n) is 3.75. The summed E-state index contributed by atoms with van der Waals surface area (Å²) in [7, 11) is -1.47. The van der Waals surface area contributed by atoms with Crippen molar-refractivity contribution < 1.29 is 19.6 Å². The van der Waals surface area contributed by atoms with E-state index in [0.29, 0.717) is 18.6 Å². The van der Waals surface area contributed by atoms with Gasteiger partial charge in [0.2, 0.25) is 0 Å². The highest BCUT2D eigenvalue weighted by atomic mass is 16.6. The fraction of sp³-hybridized carbons (Fsp3) is 0.562. The molecular weight excluding hydrogens is 281 g/mol. The number of rotatable bonds is 2.